The number of hydrogen-bond donors (Lipinski definition) is 0. The molecule has 0 saturated carbocycles. The highest BCUT2D eigenvalue weighted by Crippen LogP contribution is 2.28. The minimum atomic E-state index is -0.341. The summed E-state index contributed by atoms with van der Waals surface area (Å²) in [6.45, 7) is 3.52. The van der Waals surface area contributed by atoms with E-state index < -0.39 is 0 Å². The van der Waals surface area contributed by atoms with Crippen LogP contribution in [0.3, 0.4) is 0 Å². The molecule has 2 aromatic rings. The summed E-state index contributed by atoms with van der Waals surface area (Å²) in [5, 5.41) is 0.612. The van der Waals surface area contributed by atoms with Gasteiger partial charge in [0, 0.05) is 18.0 Å². The molecule has 0 aliphatic carbocycles. The van der Waals surface area contributed by atoms with Crippen LogP contribution in [-0.4, -0.2) is 12.6 Å². The zero-order valence-electron chi connectivity index (χ0n) is 13.0. The monoisotopic (exact) mass is 336 g/mol. The standard InChI is InChI=1S/C18H18ClFO3/c1-12(9-10-22-13(2)21)17-8-7-16(11-18(17)20)23-15-5-3-14(19)4-6-15/h3-8,11-12H,9-10H2,1-2H3. The second kappa shape index (κ2) is 7.97. The Balaban J connectivity index is 2.02. The first-order valence-corrected chi connectivity index (χ1v) is 7.69. The summed E-state index contributed by atoms with van der Waals surface area (Å²) in [6, 6.07) is 11.6. The third-order valence-corrected chi connectivity index (χ3v) is 3.66. The van der Waals surface area contributed by atoms with Gasteiger partial charge in [-0.05, 0) is 48.2 Å². The molecule has 5 heteroatoms. The summed E-state index contributed by atoms with van der Waals surface area (Å²) >= 11 is 5.81. The molecule has 0 aliphatic heterocycles. The third-order valence-electron chi connectivity index (χ3n) is 3.41. The first kappa shape index (κ1) is 17.3. The summed E-state index contributed by atoms with van der Waals surface area (Å²) in [5.41, 5.74) is 0.570. The lowest BCUT2D eigenvalue weighted by molar-refractivity contribution is -0.141. The van der Waals surface area contributed by atoms with Gasteiger partial charge in [0.15, 0.2) is 0 Å². The molecule has 0 heterocycles. The van der Waals surface area contributed by atoms with E-state index in [0.717, 1.165) is 0 Å². The Hall–Kier alpha value is -2.07. The molecule has 3 nitrogen and oxygen atoms in total. The summed E-state index contributed by atoms with van der Waals surface area (Å²) in [6.07, 6.45) is 0.563. The fraction of sp³-hybridized carbons (Fsp3) is 0.278. The highest BCUT2D eigenvalue weighted by atomic mass is 35.5. The average molecular weight is 337 g/mol. The summed E-state index contributed by atoms with van der Waals surface area (Å²) in [5.74, 6) is 0.278. The number of halogens is 2. The molecule has 0 bridgehead atoms. The molecular weight excluding hydrogens is 319 g/mol. The number of carbonyl (C=O) groups excluding carboxylic acids is 1. The molecule has 2 rings (SSSR count). The molecule has 23 heavy (non-hydrogen) atoms. The second-order valence-corrected chi connectivity index (χ2v) is 5.71. The lowest BCUT2D eigenvalue weighted by Gasteiger charge is -2.14. The Morgan fingerprint density at radius 3 is 2.43 bits per heavy atom. The van der Waals surface area contributed by atoms with Crippen molar-refractivity contribution in [2.24, 2.45) is 0 Å². The van der Waals surface area contributed by atoms with Crippen molar-refractivity contribution in [2.45, 2.75) is 26.2 Å². The second-order valence-electron chi connectivity index (χ2n) is 5.27. The SMILES string of the molecule is CC(=O)OCCC(C)c1ccc(Oc2ccc(Cl)cc2)cc1F. The van der Waals surface area contributed by atoms with Crippen LogP contribution in [0, 0.1) is 5.82 Å². The Labute approximate surface area is 140 Å². The molecule has 0 amide bonds. The predicted octanol–water partition coefficient (Wildman–Crippen LogP) is 5.33. The fourth-order valence-electron chi connectivity index (χ4n) is 2.14. The van der Waals surface area contributed by atoms with Gasteiger partial charge in [-0.15, -0.1) is 0 Å². The lowest BCUT2D eigenvalue weighted by atomic mass is 9.97. The quantitative estimate of drug-likeness (QED) is 0.669. The molecule has 1 atom stereocenters. The maximum absolute atomic E-state index is 14.2. The molecule has 2 aromatic carbocycles. The van der Waals surface area contributed by atoms with Crippen molar-refractivity contribution >= 4 is 17.6 Å². The topological polar surface area (TPSA) is 35.5 Å². The van der Waals surface area contributed by atoms with Crippen molar-refractivity contribution in [3.05, 3.63) is 58.9 Å². The van der Waals surface area contributed by atoms with Gasteiger partial charge in [-0.1, -0.05) is 24.6 Å². The van der Waals surface area contributed by atoms with Crippen LogP contribution in [-0.2, 0) is 9.53 Å². The molecule has 0 aromatic heterocycles. The molecule has 1 unspecified atom stereocenters. The summed E-state index contributed by atoms with van der Waals surface area (Å²) < 4.78 is 24.7. The number of hydrogen-bond acceptors (Lipinski definition) is 3. The Morgan fingerprint density at radius 1 is 1.17 bits per heavy atom. The maximum atomic E-state index is 14.2. The van der Waals surface area contributed by atoms with Crippen LogP contribution < -0.4 is 4.74 Å². The van der Waals surface area contributed by atoms with Gasteiger partial charge in [-0.3, -0.25) is 4.79 Å². The van der Waals surface area contributed by atoms with Crippen LogP contribution in [0.5, 0.6) is 11.5 Å². The van der Waals surface area contributed by atoms with Gasteiger partial charge in [0.1, 0.15) is 17.3 Å². The largest absolute Gasteiger partial charge is 0.466 e. The van der Waals surface area contributed by atoms with E-state index in [4.69, 9.17) is 21.1 Å². The van der Waals surface area contributed by atoms with Crippen LogP contribution in [0.2, 0.25) is 5.02 Å². The van der Waals surface area contributed by atoms with E-state index in [1.54, 1.807) is 36.4 Å². The van der Waals surface area contributed by atoms with Crippen LogP contribution in [0.25, 0.3) is 0 Å². The lowest BCUT2D eigenvalue weighted by Crippen LogP contribution is -2.06. The van der Waals surface area contributed by atoms with Crippen LogP contribution >= 0.6 is 11.6 Å². The van der Waals surface area contributed by atoms with Gasteiger partial charge in [0.2, 0.25) is 0 Å². The Kier molecular flexibility index (Phi) is 5.99. The average Bonchev–Trinajstić information content (AvgIpc) is 2.49. The van der Waals surface area contributed by atoms with Gasteiger partial charge in [-0.25, -0.2) is 4.39 Å². The van der Waals surface area contributed by atoms with Crippen LogP contribution in [0.1, 0.15) is 31.7 Å². The van der Waals surface area contributed by atoms with Crippen molar-refractivity contribution < 1.29 is 18.7 Å². The zero-order chi connectivity index (χ0) is 16.8. The van der Waals surface area contributed by atoms with Gasteiger partial charge in [0.05, 0.1) is 6.61 Å². The van der Waals surface area contributed by atoms with Gasteiger partial charge in [-0.2, -0.15) is 0 Å². The highest BCUT2D eigenvalue weighted by molar-refractivity contribution is 6.30. The summed E-state index contributed by atoms with van der Waals surface area (Å²) in [4.78, 5) is 10.7. The van der Waals surface area contributed by atoms with Crippen molar-refractivity contribution in [2.75, 3.05) is 6.61 Å². The van der Waals surface area contributed by atoms with E-state index in [9.17, 15) is 9.18 Å². The first-order chi connectivity index (χ1) is 11.0. The molecule has 0 spiro atoms. The summed E-state index contributed by atoms with van der Waals surface area (Å²) in [7, 11) is 0. The molecule has 122 valence electrons. The molecule has 0 fully saturated rings. The van der Waals surface area contributed by atoms with Gasteiger partial charge in [0.25, 0.3) is 0 Å². The molecule has 0 aliphatic rings. The van der Waals surface area contributed by atoms with Crippen molar-refractivity contribution in [1.82, 2.24) is 0 Å². The minimum Gasteiger partial charge on any atom is -0.466 e. The molecule has 0 N–H and O–H groups in total. The van der Waals surface area contributed by atoms with E-state index in [-0.39, 0.29) is 24.3 Å². The predicted molar refractivity (Wildman–Crippen MR) is 87.6 cm³/mol. The number of carbonyl (C=O) groups is 1. The van der Waals surface area contributed by atoms with E-state index in [2.05, 4.69) is 0 Å². The number of esters is 1. The third kappa shape index (κ3) is 5.25. The van der Waals surface area contributed by atoms with E-state index >= 15 is 0 Å². The molecule has 0 saturated heterocycles. The van der Waals surface area contributed by atoms with E-state index in [1.807, 2.05) is 6.92 Å². The highest BCUT2D eigenvalue weighted by Gasteiger charge is 2.13. The normalized spacial score (nSPS) is 11.8. The Bertz CT molecular complexity index is 670. The van der Waals surface area contributed by atoms with E-state index in [1.165, 1.54) is 13.0 Å². The van der Waals surface area contributed by atoms with Gasteiger partial charge >= 0.3 is 5.97 Å². The maximum Gasteiger partial charge on any atom is 0.302 e. The van der Waals surface area contributed by atoms with Gasteiger partial charge < -0.3 is 9.47 Å². The van der Waals surface area contributed by atoms with Crippen molar-refractivity contribution in [3.63, 3.8) is 0 Å². The molecular formula is C18H18ClFO3. The minimum absolute atomic E-state index is 0.0565. The zero-order valence-corrected chi connectivity index (χ0v) is 13.8. The number of benzene rings is 2. The number of ether oxygens (including phenoxy) is 2. The Morgan fingerprint density at radius 2 is 1.83 bits per heavy atom. The van der Waals surface area contributed by atoms with Crippen LogP contribution in [0.4, 0.5) is 4.39 Å². The van der Waals surface area contributed by atoms with Crippen molar-refractivity contribution in [3.8, 4) is 11.5 Å². The molecule has 0 radical (unpaired) electrons. The first-order valence-electron chi connectivity index (χ1n) is 7.32. The number of rotatable bonds is 6. The smallest absolute Gasteiger partial charge is 0.302 e. The van der Waals surface area contributed by atoms with Crippen molar-refractivity contribution in [1.29, 1.82) is 0 Å². The van der Waals surface area contributed by atoms with Crippen LogP contribution in [0.15, 0.2) is 42.5 Å². The van der Waals surface area contributed by atoms with E-state index in [0.29, 0.717) is 28.5 Å². The fourth-order valence-corrected chi connectivity index (χ4v) is 2.27.